The number of pyridine rings is 1. The molecule has 1 aliphatic rings. The normalized spacial score (nSPS) is 15.0. The van der Waals surface area contributed by atoms with E-state index in [2.05, 4.69) is 38.2 Å². The van der Waals surface area contributed by atoms with E-state index in [1.165, 1.54) is 83.5 Å². The number of benzene rings is 1. The van der Waals surface area contributed by atoms with Gasteiger partial charge in [-0.2, -0.15) is 0 Å². The second kappa shape index (κ2) is 13.9. The van der Waals surface area contributed by atoms with Crippen molar-refractivity contribution < 1.29 is 4.79 Å². The molecule has 1 N–H and O–H groups in total. The molecule has 0 aliphatic heterocycles. The fourth-order valence-corrected chi connectivity index (χ4v) is 5.45. The van der Waals surface area contributed by atoms with Crippen molar-refractivity contribution in [3.05, 3.63) is 35.5 Å². The number of fused-ring (bicyclic) bond motifs is 2. The minimum atomic E-state index is -0.00849. The lowest BCUT2D eigenvalue weighted by molar-refractivity contribution is 0.0911. The molecule has 1 aromatic heterocycles. The standard InChI is InChI=1S/C31H48N2O/c1-4-5-6-7-8-9-10-11-12-13-14-15-16-19-22-32-30-25-20-17-18-21-26(25)33-27-23-31(2,3)24-28(34)29(27)30/h17-18,20-21H,4-16,19,22-24H2,1-3H3,(H,32,33). The monoisotopic (exact) mass is 464 g/mol. The van der Waals surface area contributed by atoms with Crippen molar-refractivity contribution in [3.8, 4) is 0 Å². The first kappa shape index (κ1) is 26.7. The Hall–Kier alpha value is -1.90. The highest BCUT2D eigenvalue weighted by Gasteiger charge is 2.34. The molecule has 0 saturated heterocycles. The minimum Gasteiger partial charge on any atom is -0.384 e. The molecule has 0 amide bonds. The van der Waals surface area contributed by atoms with Gasteiger partial charge in [-0.15, -0.1) is 0 Å². The number of aromatic nitrogens is 1. The molecule has 1 aromatic carbocycles. The van der Waals surface area contributed by atoms with E-state index in [-0.39, 0.29) is 11.2 Å². The van der Waals surface area contributed by atoms with E-state index in [9.17, 15) is 4.79 Å². The van der Waals surface area contributed by atoms with Crippen LogP contribution in [0.25, 0.3) is 10.9 Å². The van der Waals surface area contributed by atoms with Crippen LogP contribution >= 0.6 is 0 Å². The van der Waals surface area contributed by atoms with Gasteiger partial charge in [-0.3, -0.25) is 9.78 Å². The van der Waals surface area contributed by atoms with Crippen LogP contribution in [0.2, 0.25) is 0 Å². The second-order valence-corrected chi connectivity index (χ2v) is 11.3. The molecular formula is C31H48N2O. The number of anilines is 1. The van der Waals surface area contributed by atoms with E-state index in [1.54, 1.807) is 0 Å². The smallest absolute Gasteiger partial charge is 0.167 e. The number of ketones is 1. The third kappa shape index (κ3) is 8.10. The highest BCUT2D eigenvalue weighted by molar-refractivity contribution is 6.10. The Morgan fingerprint density at radius 2 is 1.35 bits per heavy atom. The van der Waals surface area contributed by atoms with Crippen LogP contribution < -0.4 is 5.32 Å². The average Bonchev–Trinajstić information content (AvgIpc) is 2.80. The molecular weight excluding hydrogens is 416 g/mol. The third-order valence-electron chi connectivity index (χ3n) is 7.36. The van der Waals surface area contributed by atoms with Gasteiger partial charge >= 0.3 is 0 Å². The largest absolute Gasteiger partial charge is 0.384 e. The van der Waals surface area contributed by atoms with E-state index in [4.69, 9.17) is 4.98 Å². The number of para-hydroxylation sites is 1. The fraction of sp³-hybridized carbons (Fsp3) is 0.677. The SMILES string of the molecule is CCCCCCCCCCCCCCCCNc1c2c(nc3ccccc13)CC(C)(C)CC2=O. The molecule has 0 bridgehead atoms. The Kier molecular flexibility index (Phi) is 10.9. The van der Waals surface area contributed by atoms with Crippen LogP contribution in [0.1, 0.15) is 133 Å². The average molecular weight is 465 g/mol. The number of Topliss-reactive ketones (excluding diaryl/α,β-unsaturated/α-hetero) is 1. The van der Waals surface area contributed by atoms with Gasteiger partial charge < -0.3 is 5.32 Å². The van der Waals surface area contributed by atoms with Crippen LogP contribution in [0, 0.1) is 5.41 Å². The zero-order chi connectivity index (χ0) is 24.2. The number of hydrogen-bond acceptors (Lipinski definition) is 3. The first-order valence-corrected chi connectivity index (χ1v) is 14.2. The lowest BCUT2D eigenvalue weighted by atomic mass is 9.75. The van der Waals surface area contributed by atoms with E-state index in [0.29, 0.717) is 6.42 Å². The van der Waals surface area contributed by atoms with Gasteiger partial charge in [-0.1, -0.05) is 122 Å². The van der Waals surface area contributed by atoms with Crippen molar-refractivity contribution >= 4 is 22.4 Å². The molecule has 188 valence electrons. The van der Waals surface area contributed by atoms with Gasteiger partial charge in [0.1, 0.15) is 0 Å². The minimum absolute atomic E-state index is 0.00849. The number of rotatable bonds is 16. The molecule has 34 heavy (non-hydrogen) atoms. The quantitative estimate of drug-likeness (QED) is 0.252. The zero-order valence-corrected chi connectivity index (χ0v) is 22.2. The second-order valence-electron chi connectivity index (χ2n) is 11.3. The Morgan fingerprint density at radius 3 is 1.97 bits per heavy atom. The Labute approximate surface area is 208 Å². The Morgan fingerprint density at radius 1 is 0.794 bits per heavy atom. The number of carbonyl (C=O) groups excluding carboxylic acids is 1. The number of unbranched alkanes of at least 4 members (excludes halogenated alkanes) is 13. The molecule has 0 atom stereocenters. The van der Waals surface area contributed by atoms with Gasteiger partial charge in [0, 0.05) is 18.4 Å². The molecule has 0 saturated carbocycles. The molecule has 3 rings (SSSR count). The maximum absolute atomic E-state index is 13.0. The Bertz CT molecular complexity index is 902. The molecule has 3 heteroatoms. The summed E-state index contributed by atoms with van der Waals surface area (Å²) >= 11 is 0. The van der Waals surface area contributed by atoms with Crippen molar-refractivity contribution in [2.45, 2.75) is 124 Å². The molecule has 2 aromatic rings. The summed E-state index contributed by atoms with van der Waals surface area (Å²) in [5.41, 5.74) is 3.84. The fourth-order valence-electron chi connectivity index (χ4n) is 5.45. The van der Waals surface area contributed by atoms with Crippen LogP contribution in [-0.2, 0) is 6.42 Å². The van der Waals surface area contributed by atoms with Crippen LogP contribution in [0.15, 0.2) is 24.3 Å². The van der Waals surface area contributed by atoms with Crippen molar-refractivity contribution in [1.29, 1.82) is 0 Å². The van der Waals surface area contributed by atoms with Gasteiger partial charge in [0.05, 0.1) is 22.5 Å². The first-order valence-electron chi connectivity index (χ1n) is 14.2. The lowest BCUT2D eigenvalue weighted by Gasteiger charge is -2.31. The predicted molar refractivity (Wildman–Crippen MR) is 147 cm³/mol. The highest BCUT2D eigenvalue weighted by Crippen LogP contribution is 2.39. The first-order chi connectivity index (χ1) is 16.5. The molecule has 1 heterocycles. The number of hydrogen-bond donors (Lipinski definition) is 1. The summed E-state index contributed by atoms with van der Waals surface area (Å²) in [5.74, 6) is 0.243. The van der Waals surface area contributed by atoms with E-state index in [1.807, 2.05) is 12.1 Å². The number of nitrogens with one attached hydrogen (secondary N) is 1. The molecule has 1 aliphatic carbocycles. The summed E-state index contributed by atoms with van der Waals surface area (Å²) in [7, 11) is 0. The Balaban J connectivity index is 1.36. The summed E-state index contributed by atoms with van der Waals surface area (Å²) < 4.78 is 0. The number of carbonyl (C=O) groups is 1. The van der Waals surface area contributed by atoms with Gasteiger partial charge in [-0.05, 0) is 24.3 Å². The maximum Gasteiger partial charge on any atom is 0.167 e. The molecule has 3 nitrogen and oxygen atoms in total. The van der Waals surface area contributed by atoms with Crippen LogP contribution in [0.4, 0.5) is 5.69 Å². The predicted octanol–water partition coefficient (Wildman–Crippen LogP) is 9.28. The third-order valence-corrected chi connectivity index (χ3v) is 7.36. The molecule has 0 fully saturated rings. The van der Waals surface area contributed by atoms with Crippen molar-refractivity contribution in [2.75, 3.05) is 11.9 Å². The zero-order valence-electron chi connectivity index (χ0n) is 22.2. The lowest BCUT2D eigenvalue weighted by Crippen LogP contribution is -2.29. The summed E-state index contributed by atoms with van der Waals surface area (Å²) in [5, 5.41) is 4.74. The number of nitrogens with zero attached hydrogens (tertiary/aromatic N) is 1. The van der Waals surface area contributed by atoms with Gasteiger partial charge in [0.15, 0.2) is 5.78 Å². The van der Waals surface area contributed by atoms with Crippen LogP contribution in [0.3, 0.4) is 0 Å². The maximum atomic E-state index is 13.0. The summed E-state index contributed by atoms with van der Waals surface area (Å²) in [6, 6.07) is 8.25. The molecule has 0 radical (unpaired) electrons. The summed E-state index contributed by atoms with van der Waals surface area (Å²) in [6.45, 7) is 7.56. The summed E-state index contributed by atoms with van der Waals surface area (Å²) in [6.07, 6.45) is 20.7. The molecule has 0 unspecified atom stereocenters. The van der Waals surface area contributed by atoms with Gasteiger partial charge in [0.25, 0.3) is 0 Å². The van der Waals surface area contributed by atoms with Crippen LogP contribution in [0.5, 0.6) is 0 Å². The van der Waals surface area contributed by atoms with E-state index >= 15 is 0 Å². The van der Waals surface area contributed by atoms with E-state index < -0.39 is 0 Å². The van der Waals surface area contributed by atoms with Gasteiger partial charge in [-0.25, -0.2) is 0 Å². The topological polar surface area (TPSA) is 42.0 Å². The summed E-state index contributed by atoms with van der Waals surface area (Å²) in [4.78, 5) is 17.9. The molecule has 0 spiro atoms. The van der Waals surface area contributed by atoms with Crippen molar-refractivity contribution in [2.24, 2.45) is 5.41 Å². The van der Waals surface area contributed by atoms with E-state index in [0.717, 1.165) is 47.2 Å². The van der Waals surface area contributed by atoms with Crippen molar-refractivity contribution in [1.82, 2.24) is 4.98 Å². The van der Waals surface area contributed by atoms with Crippen molar-refractivity contribution in [3.63, 3.8) is 0 Å². The van der Waals surface area contributed by atoms with Crippen LogP contribution in [-0.4, -0.2) is 17.3 Å². The highest BCUT2D eigenvalue weighted by atomic mass is 16.1. The van der Waals surface area contributed by atoms with Gasteiger partial charge in [0.2, 0.25) is 0 Å².